The van der Waals surface area contributed by atoms with Gasteiger partial charge in [0.1, 0.15) is 0 Å². The maximum atomic E-state index is 13.1. The summed E-state index contributed by atoms with van der Waals surface area (Å²) in [4.78, 5) is 13.1. The van der Waals surface area contributed by atoms with E-state index < -0.39 is 18.3 Å². The number of carbonyl (C=O) groups excluding carboxylic acids is 1. The number of hydrogen-bond donors (Lipinski definition) is 0. The number of fused-ring (bicyclic) bond motifs is 3. The predicted molar refractivity (Wildman–Crippen MR) is 125 cm³/mol. The average Bonchev–Trinajstić information content (AvgIpc) is 3.05. The molecule has 0 spiro atoms. The number of Topliss-reactive ketones (excluding diaryl/α,β-unsaturated/α-hetero) is 1. The number of benzene rings is 1. The fourth-order valence-corrected chi connectivity index (χ4v) is 12.5. The Balaban J connectivity index is 1.83. The summed E-state index contributed by atoms with van der Waals surface area (Å²) in [7, 11) is -5.27. The number of rotatable bonds is 7. The minimum absolute atomic E-state index is 0.142. The van der Waals surface area contributed by atoms with Crippen molar-refractivity contribution >= 4 is 29.8 Å². The van der Waals surface area contributed by atoms with Crippen molar-refractivity contribution in [2.24, 2.45) is 5.92 Å². The van der Waals surface area contributed by atoms with E-state index >= 15 is 0 Å². The van der Waals surface area contributed by atoms with Gasteiger partial charge in [-0.05, 0) is 52.6 Å². The Morgan fingerprint density at radius 1 is 1.07 bits per heavy atom. The summed E-state index contributed by atoms with van der Waals surface area (Å²) in [6.07, 6.45) is 3.15. The molecule has 0 radical (unpaired) electrons. The van der Waals surface area contributed by atoms with E-state index in [0.29, 0.717) is 48.3 Å². The highest BCUT2D eigenvalue weighted by Gasteiger charge is 2.45. The van der Waals surface area contributed by atoms with Crippen LogP contribution in [0.1, 0.15) is 69.4 Å². The van der Waals surface area contributed by atoms with E-state index in [1.165, 1.54) is 10.6 Å². The van der Waals surface area contributed by atoms with Crippen molar-refractivity contribution in [2.75, 3.05) is 23.7 Å². The Morgan fingerprint density at radius 2 is 1.67 bits per heavy atom. The molecule has 5 nitrogen and oxygen atoms in total. The third-order valence-electron chi connectivity index (χ3n) is 7.15. The minimum atomic E-state index is -3.31. The average molecular weight is 452 g/mol. The van der Waals surface area contributed by atoms with Gasteiger partial charge >= 0.3 is 0 Å². The van der Waals surface area contributed by atoms with Crippen LogP contribution in [0.4, 0.5) is 5.69 Å². The first-order valence-corrected chi connectivity index (χ1v) is 15.2. The molecule has 1 aromatic rings. The van der Waals surface area contributed by atoms with E-state index in [1.807, 2.05) is 12.1 Å². The van der Waals surface area contributed by atoms with E-state index in [2.05, 4.69) is 41.5 Å². The van der Waals surface area contributed by atoms with Gasteiger partial charge in [0.05, 0.1) is 11.9 Å². The molecule has 1 aliphatic carbocycles. The highest BCUT2D eigenvalue weighted by Crippen LogP contribution is 2.43. The van der Waals surface area contributed by atoms with Gasteiger partial charge in [0.15, 0.2) is 14.1 Å². The molecule has 1 aromatic carbocycles. The van der Waals surface area contributed by atoms with E-state index in [1.54, 1.807) is 0 Å². The molecular formula is C23H37NO4SSi. The summed E-state index contributed by atoms with van der Waals surface area (Å²) in [5.41, 5.74) is 5.00. The van der Waals surface area contributed by atoms with Crippen molar-refractivity contribution in [1.82, 2.24) is 0 Å². The summed E-state index contributed by atoms with van der Waals surface area (Å²) in [6.45, 7) is 14.8. The van der Waals surface area contributed by atoms with Crippen molar-refractivity contribution in [2.45, 2.75) is 77.4 Å². The Labute approximate surface area is 183 Å². The minimum Gasteiger partial charge on any atom is -0.416 e. The molecule has 3 rings (SSSR count). The first-order valence-electron chi connectivity index (χ1n) is 11.2. The molecule has 0 aromatic heterocycles. The van der Waals surface area contributed by atoms with E-state index in [-0.39, 0.29) is 11.7 Å². The van der Waals surface area contributed by atoms with Gasteiger partial charge in [-0.25, -0.2) is 8.42 Å². The standard InChI is InChI=1S/C23H37NO4SSi/c1-15(2)30(16(3)4,17(5)6)28-14-18-12-19-8-9-21-20(23(19)22(25)13-18)10-11-24(21)29(7,26)27/h8-9,15-18H,10-14H2,1-7H3/t18-/m0/s1. The largest absolute Gasteiger partial charge is 0.416 e. The number of carbonyl (C=O) groups is 1. The molecular weight excluding hydrogens is 414 g/mol. The van der Waals surface area contributed by atoms with Crippen LogP contribution in [0, 0.1) is 5.92 Å². The lowest BCUT2D eigenvalue weighted by Gasteiger charge is -2.43. The number of anilines is 1. The second-order valence-corrected chi connectivity index (χ2v) is 17.4. The summed E-state index contributed by atoms with van der Waals surface area (Å²) in [5.74, 6) is 0.335. The van der Waals surface area contributed by atoms with E-state index in [9.17, 15) is 13.2 Å². The number of ketones is 1. The summed E-state index contributed by atoms with van der Waals surface area (Å²) in [6, 6.07) is 3.84. The van der Waals surface area contributed by atoms with Crippen molar-refractivity contribution in [3.8, 4) is 0 Å². The first kappa shape index (κ1) is 23.5. The molecule has 0 saturated carbocycles. The van der Waals surface area contributed by atoms with Crippen LogP contribution in [0.25, 0.3) is 0 Å². The van der Waals surface area contributed by atoms with Gasteiger partial charge in [0.2, 0.25) is 10.0 Å². The molecule has 0 unspecified atom stereocenters. The molecule has 1 aliphatic heterocycles. The van der Waals surface area contributed by atoms with Crippen LogP contribution in [0.3, 0.4) is 0 Å². The van der Waals surface area contributed by atoms with Crippen molar-refractivity contribution in [1.29, 1.82) is 0 Å². The number of hydrogen-bond acceptors (Lipinski definition) is 4. The van der Waals surface area contributed by atoms with Gasteiger partial charge in [0.25, 0.3) is 0 Å². The van der Waals surface area contributed by atoms with Crippen LogP contribution >= 0.6 is 0 Å². The van der Waals surface area contributed by atoms with Gasteiger partial charge in [-0.2, -0.15) is 0 Å². The van der Waals surface area contributed by atoms with Gasteiger partial charge in [-0.3, -0.25) is 9.10 Å². The van der Waals surface area contributed by atoms with Gasteiger partial charge in [-0.1, -0.05) is 47.6 Å². The maximum Gasteiger partial charge on any atom is 0.232 e. The molecule has 168 valence electrons. The molecule has 0 bridgehead atoms. The van der Waals surface area contributed by atoms with Gasteiger partial charge in [-0.15, -0.1) is 0 Å². The van der Waals surface area contributed by atoms with E-state index in [0.717, 1.165) is 23.1 Å². The van der Waals surface area contributed by atoms with Crippen LogP contribution in [-0.2, 0) is 27.3 Å². The molecule has 0 fully saturated rings. The van der Waals surface area contributed by atoms with Crippen LogP contribution in [0.2, 0.25) is 16.6 Å². The second kappa shape index (κ2) is 8.39. The smallest absolute Gasteiger partial charge is 0.232 e. The molecule has 0 amide bonds. The highest BCUT2D eigenvalue weighted by molar-refractivity contribution is 7.92. The first-order chi connectivity index (χ1) is 13.9. The topological polar surface area (TPSA) is 63.7 Å². The highest BCUT2D eigenvalue weighted by atomic mass is 32.2. The molecule has 1 atom stereocenters. The third-order valence-corrected chi connectivity index (χ3v) is 14.4. The zero-order valence-corrected chi connectivity index (χ0v) is 21.3. The fraction of sp³-hybridized carbons (Fsp3) is 0.696. The summed E-state index contributed by atoms with van der Waals surface area (Å²) < 4.78 is 32.3. The normalized spacial score (nSPS) is 19.7. The number of sulfonamides is 1. The molecule has 1 heterocycles. The van der Waals surface area contributed by atoms with Crippen LogP contribution in [-0.4, -0.2) is 41.9 Å². The van der Waals surface area contributed by atoms with E-state index in [4.69, 9.17) is 4.43 Å². The Morgan fingerprint density at radius 3 is 2.20 bits per heavy atom. The SMILES string of the molecule is CC(C)[Si](OC[C@@H]1CC(=O)c2c(ccc3c2CCN3S(C)(=O)=O)C1)(C(C)C)C(C)C. The molecule has 0 saturated heterocycles. The molecule has 30 heavy (non-hydrogen) atoms. The molecule has 7 heteroatoms. The lowest BCUT2D eigenvalue weighted by Crippen LogP contribution is -2.49. The van der Waals surface area contributed by atoms with Crippen LogP contribution in [0.5, 0.6) is 0 Å². The maximum absolute atomic E-state index is 13.1. The monoisotopic (exact) mass is 451 g/mol. The Hall–Kier alpha value is -1.18. The quantitative estimate of drug-likeness (QED) is 0.551. The molecule has 2 aliphatic rings. The van der Waals surface area contributed by atoms with Crippen LogP contribution in [0.15, 0.2) is 12.1 Å². The van der Waals surface area contributed by atoms with Crippen molar-refractivity contribution in [3.05, 3.63) is 28.8 Å². The lowest BCUT2D eigenvalue weighted by molar-refractivity contribution is 0.0920. The van der Waals surface area contributed by atoms with Gasteiger partial charge < -0.3 is 4.43 Å². The van der Waals surface area contributed by atoms with Crippen molar-refractivity contribution < 1.29 is 17.6 Å². The summed E-state index contributed by atoms with van der Waals surface area (Å²) >= 11 is 0. The van der Waals surface area contributed by atoms with Gasteiger partial charge in [0, 0.05) is 25.1 Å². The third kappa shape index (κ3) is 4.00. The zero-order chi connectivity index (χ0) is 22.4. The number of nitrogens with zero attached hydrogens (tertiary/aromatic N) is 1. The summed E-state index contributed by atoms with van der Waals surface area (Å²) in [5, 5.41) is 0. The Bertz CT molecular complexity index is 902. The van der Waals surface area contributed by atoms with Crippen molar-refractivity contribution in [3.63, 3.8) is 0 Å². The molecule has 0 N–H and O–H groups in total. The predicted octanol–water partition coefficient (Wildman–Crippen LogP) is 4.95. The lowest BCUT2D eigenvalue weighted by atomic mass is 9.81. The fourth-order valence-electron chi connectivity index (χ4n) is 6.00. The Kier molecular flexibility index (Phi) is 6.57. The second-order valence-electron chi connectivity index (χ2n) is 10.0. The van der Waals surface area contributed by atoms with Crippen LogP contribution < -0.4 is 4.31 Å². The zero-order valence-electron chi connectivity index (χ0n) is 19.5.